The zero-order chi connectivity index (χ0) is 19.5. The van der Waals surface area contributed by atoms with Crippen molar-refractivity contribution < 1.29 is 19.1 Å². The predicted octanol–water partition coefficient (Wildman–Crippen LogP) is 2.99. The fraction of sp³-hybridized carbons (Fsp3) is 0.333. The number of piperidine rings is 1. The standard InChI is InChI=1S/C21H23N3O4/c1-13-2-8-17(22-11-13)21(26)24-16-6-4-15(5-7-16)23-20(25)14-3-9-18-19(10-14)28-12-27-18/h3-7,9-10,13,17,22H,2,8,11-12H2,1H3,(H,23,25)(H,24,26). The van der Waals surface area contributed by atoms with E-state index in [9.17, 15) is 9.59 Å². The van der Waals surface area contributed by atoms with Gasteiger partial charge in [-0.25, -0.2) is 0 Å². The van der Waals surface area contributed by atoms with E-state index in [-0.39, 0.29) is 24.6 Å². The molecule has 2 amide bonds. The normalized spacial score (nSPS) is 20.5. The Hall–Kier alpha value is -3.06. The molecule has 0 aromatic heterocycles. The smallest absolute Gasteiger partial charge is 0.255 e. The van der Waals surface area contributed by atoms with Gasteiger partial charge in [-0.05, 0) is 67.8 Å². The van der Waals surface area contributed by atoms with E-state index in [4.69, 9.17) is 9.47 Å². The number of nitrogens with one attached hydrogen (secondary N) is 3. The van der Waals surface area contributed by atoms with E-state index < -0.39 is 0 Å². The number of hydrogen-bond donors (Lipinski definition) is 3. The molecule has 0 radical (unpaired) electrons. The molecule has 2 aromatic rings. The third-order valence-corrected chi connectivity index (χ3v) is 5.02. The summed E-state index contributed by atoms with van der Waals surface area (Å²) >= 11 is 0. The van der Waals surface area contributed by atoms with Crippen molar-refractivity contribution in [2.75, 3.05) is 24.0 Å². The average Bonchev–Trinajstić information content (AvgIpc) is 3.17. The van der Waals surface area contributed by atoms with Crippen LogP contribution >= 0.6 is 0 Å². The second kappa shape index (κ2) is 7.90. The number of amides is 2. The van der Waals surface area contributed by atoms with E-state index in [1.54, 1.807) is 42.5 Å². The van der Waals surface area contributed by atoms with Crippen LogP contribution < -0.4 is 25.4 Å². The fourth-order valence-corrected chi connectivity index (χ4v) is 3.33. The highest BCUT2D eigenvalue weighted by atomic mass is 16.7. The maximum absolute atomic E-state index is 12.4. The molecule has 3 N–H and O–H groups in total. The molecule has 2 aliphatic rings. The average molecular weight is 381 g/mol. The lowest BCUT2D eigenvalue weighted by Gasteiger charge is -2.26. The van der Waals surface area contributed by atoms with E-state index in [0.717, 1.165) is 19.4 Å². The highest BCUT2D eigenvalue weighted by molar-refractivity contribution is 6.05. The quantitative estimate of drug-likeness (QED) is 0.758. The lowest BCUT2D eigenvalue weighted by Crippen LogP contribution is -2.45. The lowest BCUT2D eigenvalue weighted by atomic mass is 9.96. The molecule has 1 fully saturated rings. The van der Waals surface area contributed by atoms with Gasteiger partial charge < -0.3 is 25.4 Å². The number of fused-ring (bicyclic) bond motifs is 1. The molecule has 7 heteroatoms. The van der Waals surface area contributed by atoms with Gasteiger partial charge in [0.25, 0.3) is 5.91 Å². The molecule has 0 spiro atoms. The number of ether oxygens (including phenoxy) is 2. The molecule has 2 heterocycles. The van der Waals surface area contributed by atoms with Crippen molar-refractivity contribution in [3.63, 3.8) is 0 Å². The van der Waals surface area contributed by atoms with Crippen LogP contribution in [0.3, 0.4) is 0 Å². The topological polar surface area (TPSA) is 88.7 Å². The van der Waals surface area contributed by atoms with Crippen molar-refractivity contribution in [1.29, 1.82) is 0 Å². The van der Waals surface area contributed by atoms with E-state index in [2.05, 4.69) is 22.9 Å². The highest BCUT2D eigenvalue weighted by Gasteiger charge is 2.23. The lowest BCUT2D eigenvalue weighted by molar-refractivity contribution is -0.118. The summed E-state index contributed by atoms with van der Waals surface area (Å²) in [5.74, 6) is 1.55. The van der Waals surface area contributed by atoms with Crippen LogP contribution in [0.2, 0.25) is 0 Å². The Bertz CT molecular complexity index is 874. The monoisotopic (exact) mass is 381 g/mol. The van der Waals surface area contributed by atoms with Gasteiger partial charge in [-0.1, -0.05) is 6.92 Å². The van der Waals surface area contributed by atoms with E-state index in [1.807, 2.05) is 0 Å². The molecular formula is C21H23N3O4. The van der Waals surface area contributed by atoms with Crippen molar-refractivity contribution in [3.05, 3.63) is 48.0 Å². The van der Waals surface area contributed by atoms with Gasteiger partial charge in [0, 0.05) is 16.9 Å². The van der Waals surface area contributed by atoms with Crippen LogP contribution in [0.1, 0.15) is 30.1 Å². The van der Waals surface area contributed by atoms with Gasteiger partial charge in [0.2, 0.25) is 12.7 Å². The second-order valence-corrected chi connectivity index (χ2v) is 7.23. The first-order valence-corrected chi connectivity index (χ1v) is 9.44. The molecule has 7 nitrogen and oxygen atoms in total. The van der Waals surface area contributed by atoms with Gasteiger partial charge in [-0.3, -0.25) is 9.59 Å². The number of carbonyl (C=O) groups is 2. The van der Waals surface area contributed by atoms with Crippen LogP contribution in [0.15, 0.2) is 42.5 Å². The summed E-state index contributed by atoms with van der Waals surface area (Å²) in [6.07, 6.45) is 1.90. The number of anilines is 2. The van der Waals surface area contributed by atoms with Crippen LogP contribution in [0.5, 0.6) is 11.5 Å². The molecule has 2 atom stereocenters. The maximum Gasteiger partial charge on any atom is 0.255 e. The maximum atomic E-state index is 12.4. The fourth-order valence-electron chi connectivity index (χ4n) is 3.33. The molecule has 146 valence electrons. The van der Waals surface area contributed by atoms with Crippen LogP contribution in [-0.2, 0) is 4.79 Å². The summed E-state index contributed by atoms with van der Waals surface area (Å²) in [6, 6.07) is 12.0. The summed E-state index contributed by atoms with van der Waals surface area (Å²) in [4.78, 5) is 24.8. The van der Waals surface area contributed by atoms with E-state index in [1.165, 1.54) is 0 Å². The van der Waals surface area contributed by atoms with Gasteiger partial charge in [-0.2, -0.15) is 0 Å². The van der Waals surface area contributed by atoms with Crippen molar-refractivity contribution in [2.45, 2.75) is 25.8 Å². The molecule has 0 saturated carbocycles. The highest BCUT2D eigenvalue weighted by Crippen LogP contribution is 2.32. The van der Waals surface area contributed by atoms with Gasteiger partial charge in [0.15, 0.2) is 11.5 Å². The summed E-state index contributed by atoms with van der Waals surface area (Å²) in [5.41, 5.74) is 1.83. The predicted molar refractivity (Wildman–Crippen MR) is 106 cm³/mol. The van der Waals surface area contributed by atoms with Crippen molar-refractivity contribution >= 4 is 23.2 Å². The largest absolute Gasteiger partial charge is 0.454 e. The van der Waals surface area contributed by atoms with Crippen LogP contribution in [0.25, 0.3) is 0 Å². The molecule has 2 unspecified atom stereocenters. The third-order valence-electron chi connectivity index (χ3n) is 5.02. The first-order chi connectivity index (χ1) is 13.6. The number of rotatable bonds is 4. The summed E-state index contributed by atoms with van der Waals surface area (Å²) < 4.78 is 10.6. The minimum Gasteiger partial charge on any atom is -0.454 e. The summed E-state index contributed by atoms with van der Waals surface area (Å²) in [6.45, 7) is 3.21. The molecule has 28 heavy (non-hydrogen) atoms. The summed E-state index contributed by atoms with van der Waals surface area (Å²) in [5, 5.41) is 9.03. The molecule has 1 saturated heterocycles. The Morgan fingerprint density at radius 3 is 2.39 bits per heavy atom. The number of benzene rings is 2. The Kier molecular flexibility index (Phi) is 5.16. The number of carbonyl (C=O) groups excluding carboxylic acids is 2. The Balaban J connectivity index is 1.34. The van der Waals surface area contributed by atoms with Gasteiger partial charge >= 0.3 is 0 Å². The van der Waals surface area contributed by atoms with Crippen molar-refractivity contribution in [1.82, 2.24) is 5.32 Å². The zero-order valence-corrected chi connectivity index (χ0v) is 15.7. The van der Waals surface area contributed by atoms with E-state index in [0.29, 0.717) is 34.4 Å². The van der Waals surface area contributed by atoms with Gasteiger partial charge in [0.05, 0.1) is 6.04 Å². The van der Waals surface area contributed by atoms with Crippen LogP contribution in [0, 0.1) is 5.92 Å². The molecule has 4 rings (SSSR count). The Morgan fingerprint density at radius 1 is 0.964 bits per heavy atom. The second-order valence-electron chi connectivity index (χ2n) is 7.23. The SMILES string of the molecule is CC1CCC(C(=O)Nc2ccc(NC(=O)c3ccc4c(c3)OCO4)cc2)NC1. The van der Waals surface area contributed by atoms with Gasteiger partial charge in [-0.15, -0.1) is 0 Å². The Labute approximate surface area is 163 Å². The summed E-state index contributed by atoms with van der Waals surface area (Å²) in [7, 11) is 0. The molecule has 2 aromatic carbocycles. The number of hydrogen-bond acceptors (Lipinski definition) is 5. The molecular weight excluding hydrogens is 358 g/mol. The molecule has 0 aliphatic carbocycles. The first kappa shape index (κ1) is 18.3. The Morgan fingerprint density at radius 2 is 1.68 bits per heavy atom. The van der Waals surface area contributed by atoms with Gasteiger partial charge in [0.1, 0.15) is 0 Å². The van der Waals surface area contributed by atoms with Crippen LogP contribution in [0.4, 0.5) is 11.4 Å². The molecule has 0 bridgehead atoms. The first-order valence-electron chi connectivity index (χ1n) is 9.44. The van der Waals surface area contributed by atoms with E-state index >= 15 is 0 Å². The molecule has 2 aliphatic heterocycles. The van der Waals surface area contributed by atoms with Crippen LogP contribution in [-0.4, -0.2) is 31.2 Å². The van der Waals surface area contributed by atoms with Crippen molar-refractivity contribution in [2.24, 2.45) is 5.92 Å². The minimum atomic E-state index is -0.240. The third kappa shape index (κ3) is 4.09. The zero-order valence-electron chi connectivity index (χ0n) is 15.7. The minimum absolute atomic E-state index is 0.0240. The van der Waals surface area contributed by atoms with Crippen molar-refractivity contribution in [3.8, 4) is 11.5 Å².